The van der Waals surface area contributed by atoms with Crippen molar-refractivity contribution in [2.24, 2.45) is 5.92 Å². The van der Waals surface area contributed by atoms with Crippen molar-refractivity contribution < 1.29 is 13.3 Å². The van der Waals surface area contributed by atoms with E-state index in [1.54, 1.807) is 0 Å². The summed E-state index contributed by atoms with van der Waals surface area (Å²) in [5.41, 5.74) is 2.58. The summed E-state index contributed by atoms with van der Waals surface area (Å²) in [6, 6.07) is 9.53. The smallest absolute Gasteiger partial charge is 0.374 e. The molecule has 124 valence electrons. The van der Waals surface area contributed by atoms with Gasteiger partial charge in [-0.1, -0.05) is 38.1 Å². The monoisotopic (exact) mass is 342 g/mol. The Morgan fingerprint density at radius 3 is 2.45 bits per heavy atom. The van der Waals surface area contributed by atoms with Gasteiger partial charge in [-0.2, -0.15) is 0 Å². The average Bonchev–Trinajstić information content (AvgIpc) is 2.52. The first-order valence-corrected chi connectivity index (χ1v) is 10.6. The molecule has 0 bridgehead atoms. The first-order valence-electron chi connectivity index (χ1n) is 8.15. The number of rotatable bonds is 7. The Labute approximate surface area is 140 Å². The molecule has 2 rings (SSSR count). The minimum Gasteiger partial charge on any atom is -0.374 e. The van der Waals surface area contributed by atoms with Crippen molar-refractivity contribution >= 4 is 20.4 Å². The predicted octanol–water partition coefficient (Wildman–Crippen LogP) is 4.23. The Bertz CT molecular complexity index is 444. The third kappa shape index (κ3) is 4.80. The summed E-state index contributed by atoms with van der Waals surface area (Å²) in [7, 11) is -2.52. The molecule has 0 aliphatic carbocycles. The van der Waals surface area contributed by atoms with Crippen LogP contribution in [0.25, 0.3) is 0 Å². The van der Waals surface area contributed by atoms with E-state index in [1.807, 2.05) is 6.92 Å². The molecule has 1 heterocycles. The minimum atomic E-state index is -2.52. The third-order valence-electron chi connectivity index (χ3n) is 4.03. The zero-order valence-corrected chi connectivity index (χ0v) is 15.6. The Hall–Kier alpha value is -0.393. The summed E-state index contributed by atoms with van der Waals surface area (Å²) in [6.07, 6.45) is 0.915. The quantitative estimate of drug-likeness (QED) is 0.548. The van der Waals surface area contributed by atoms with Gasteiger partial charge >= 0.3 is 8.80 Å². The van der Waals surface area contributed by atoms with Gasteiger partial charge < -0.3 is 13.3 Å². The molecule has 1 atom stereocenters. The maximum atomic E-state index is 6.05. The van der Waals surface area contributed by atoms with Gasteiger partial charge in [-0.05, 0) is 30.4 Å². The van der Waals surface area contributed by atoms with Crippen molar-refractivity contribution in [2.45, 2.75) is 39.2 Å². The molecule has 1 aliphatic rings. The number of aryl methyl sites for hydroxylation is 1. The Balaban J connectivity index is 2.02. The molecule has 1 aliphatic heterocycles. The summed E-state index contributed by atoms with van der Waals surface area (Å²) < 4.78 is 18.0. The van der Waals surface area contributed by atoms with Crippen LogP contribution in [0, 0.1) is 5.92 Å². The summed E-state index contributed by atoms with van der Waals surface area (Å²) in [4.78, 5) is 0. The summed E-state index contributed by atoms with van der Waals surface area (Å²) in [6.45, 7) is 8.49. The number of halogens is 1. The standard InChI is InChI=1S/C17H27ClO3Si/c1-4-19-22(20-11-14(2)12-21-22)13-15(3)17-7-5-16(6-8-17)9-10-18/h5-8,14-15H,4,9-13H2,1-3H3. The van der Waals surface area contributed by atoms with Crippen LogP contribution in [0.1, 0.15) is 37.8 Å². The van der Waals surface area contributed by atoms with Gasteiger partial charge in [0.25, 0.3) is 0 Å². The zero-order valence-electron chi connectivity index (χ0n) is 13.8. The normalized spacial score (nSPS) is 26.8. The lowest BCUT2D eigenvalue weighted by Crippen LogP contribution is -2.52. The maximum absolute atomic E-state index is 6.05. The van der Waals surface area contributed by atoms with Gasteiger partial charge in [0.1, 0.15) is 0 Å². The molecule has 5 heteroatoms. The molecule has 0 saturated carbocycles. The number of benzene rings is 1. The van der Waals surface area contributed by atoms with Crippen LogP contribution in [-0.2, 0) is 19.7 Å². The summed E-state index contributed by atoms with van der Waals surface area (Å²) >= 11 is 5.79. The van der Waals surface area contributed by atoms with Crippen molar-refractivity contribution in [2.75, 3.05) is 25.7 Å². The third-order valence-corrected chi connectivity index (χ3v) is 7.27. The lowest BCUT2D eigenvalue weighted by atomic mass is 10.0. The lowest BCUT2D eigenvalue weighted by molar-refractivity contribution is -0.00345. The highest BCUT2D eigenvalue weighted by atomic mass is 35.5. The molecule has 22 heavy (non-hydrogen) atoms. The first kappa shape index (κ1) is 18.0. The highest BCUT2D eigenvalue weighted by molar-refractivity contribution is 6.61. The molecule has 1 unspecified atom stereocenters. The SMILES string of the molecule is CCO[Si]1(CC(C)c2ccc(CCCl)cc2)OCC(C)CO1. The first-order chi connectivity index (χ1) is 10.6. The van der Waals surface area contributed by atoms with E-state index >= 15 is 0 Å². The molecule has 1 saturated heterocycles. The molecule has 0 N–H and O–H groups in total. The molecular formula is C17H27ClO3Si. The number of hydrogen-bond acceptors (Lipinski definition) is 3. The van der Waals surface area contributed by atoms with E-state index in [2.05, 4.69) is 38.1 Å². The van der Waals surface area contributed by atoms with Gasteiger partial charge in [0.15, 0.2) is 0 Å². The van der Waals surface area contributed by atoms with Crippen molar-refractivity contribution in [1.29, 1.82) is 0 Å². The van der Waals surface area contributed by atoms with Crippen molar-refractivity contribution in [3.05, 3.63) is 35.4 Å². The minimum absolute atomic E-state index is 0.358. The van der Waals surface area contributed by atoms with Crippen molar-refractivity contribution in [1.82, 2.24) is 0 Å². The molecule has 1 aromatic rings. The Morgan fingerprint density at radius 2 is 1.91 bits per heavy atom. The molecule has 0 spiro atoms. The van der Waals surface area contributed by atoms with E-state index < -0.39 is 8.80 Å². The van der Waals surface area contributed by atoms with Crippen LogP contribution in [0.3, 0.4) is 0 Å². The van der Waals surface area contributed by atoms with Gasteiger partial charge in [-0.15, -0.1) is 11.6 Å². The van der Waals surface area contributed by atoms with E-state index in [9.17, 15) is 0 Å². The van der Waals surface area contributed by atoms with E-state index in [-0.39, 0.29) is 0 Å². The van der Waals surface area contributed by atoms with Gasteiger partial charge in [-0.25, -0.2) is 0 Å². The summed E-state index contributed by atoms with van der Waals surface area (Å²) in [5, 5.41) is 0. The second kappa shape index (κ2) is 8.46. The van der Waals surface area contributed by atoms with Gasteiger partial charge in [0.05, 0.1) is 0 Å². The van der Waals surface area contributed by atoms with E-state index in [0.717, 1.165) is 25.7 Å². The number of alkyl halides is 1. The fraction of sp³-hybridized carbons (Fsp3) is 0.647. The molecule has 0 amide bonds. The summed E-state index contributed by atoms with van der Waals surface area (Å²) in [5.74, 6) is 1.47. The highest BCUT2D eigenvalue weighted by Gasteiger charge is 2.45. The molecule has 0 radical (unpaired) electrons. The van der Waals surface area contributed by atoms with Crippen LogP contribution in [0.2, 0.25) is 6.04 Å². The van der Waals surface area contributed by atoms with Gasteiger partial charge in [-0.3, -0.25) is 0 Å². The largest absolute Gasteiger partial charge is 0.501 e. The van der Waals surface area contributed by atoms with E-state index in [4.69, 9.17) is 24.9 Å². The van der Waals surface area contributed by atoms with Gasteiger partial charge in [0.2, 0.25) is 0 Å². The fourth-order valence-corrected chi connectivity index (χ4v) is 6.05. The van der Waals surface area contributed by atoms with Crippen molar-refractivity contribution in [3.63, 3.8) is 0 Å². The molecule has 0 aromatic heterocycles. The Kier molecular flexibility index (Phi) is 6.90. The topological polar surface area (TPSA) is 27.7 Å². The molecule has 1 fully saturated rings. The average molecular weight is 343 g/mol. The Morgan fingerprint density at radius 1 is 1.27 bits per heavy atom. The highest BCUT2D eigenvalue weighted by Crippen LogP contribution is 2.31. The van der Waals surface area contributed by atoms with Gasteiger partial charge in [0, 0.05) is 37.7 Å². The molecule has 1 aromatic carbocycles. The van der Waals surface area contributed by atoms with Crippen LogP contribution in [0.5, 0.6) is 0 Å². The zero-order chi connectivity index (χ0) is 16.0. The molecular weight excluding hydrogens is 316 g/mol. The second-order valence-corrected chi connectivity index (χ2v) is 9.15. The van der Waals surface area contributed by atoms with Crippen LogP contribution in [-0.4, -0.2) is 34.5 Å². The van der Waals surface area contributed by atoms with E-state index in [0.29, 0.717) is 24.3 Å². The van der Waals surface area contributed by atoms with E-state index in [1.165, 1.54) is 11.1 Å². The van der Waals surface area contributed by atoms with Crippen LogP contribution < -0.4 is 0 Å². The van der Waals surface area contributed by atoms with Crippen LogP contribution in [0.4, 0.5) is 0 Å². The van der Waals surface area contributed by atoms with Crippen LogP contribution in [0.15, 0.2) is 24.3 Å². The number of hydrogen-bond donors (Lipinski definition) is 0. The maximum Gasteiger partial charge on any atom is 0.501 e. The molecule has 3 nitrogen and oxygen atoms in total. The second-order valence-electron chi connectivity index (χ2n) is 6.13. The van der Waals surface area contributed by atoms with Crippen molar-refractivity contribution in [3.8, 4) is 0 Å². The lowest BCUT2D eigenvalue weighted by Gasteiger charge is -2.37. The predicted molar refractivity (Wildman–Crippen MR) is 92.5 cm³/mol. The fourth-order valence-electron chi connectivity index (χ4n) is 2.72. The van der Waals surface area contributed by atoms with Crippen LogP contribution >= 0.6 is 11.6 Å².